The van der Waals surface area contributed by atoms with Crippen LogP contribution < -0.4 is 0 Å². The molecule has 0 radical (unpaired) electrons. The molecule has 1 aromatic rings. The molecule has 1 spiro atoms. The molecular formula is C16H24N2O2S. The van der Waals surface area contributed by atoms with Crippen molar-refractivity contribution in [1.29, 1.82) is 0 Å². The van der Waals surface area contributed by atoms with Gasteiger partial charge in [-0.25, -0.2) is 0 Å². The van der Waals surface area contributed by atoms with Crippen molar-refractivity contribution in [2.75, 3.05) is 45.9 Å². The van der Waals surface area contributed by atoms with Gasteiger partial charge in [0.1, 0.15) is 0 Å². The van der Waals surface area contributed by atoms with E-state index >= 15 is 0 Å². The van der Waals surface area contributed by atoms with Crippen LogP contribution in [0.1, 0.15) is 29.4 Å². The van der Waals surface area contributed by atoms with Gasteiger partial charge in [-0.3, -0.25) is 4.79 Å². The Morgan fingerprint density at radius 1 is 1.43 bits per heavy atom. The van der Waals surface area contributed by atoms with Gasteiger partial charge in [0.25, 0.3) is 5.91 Å². The van der Waals surface area contributed by atoms with Gasteiger partial charge in [-0.1, -0.05) is 13.0 Å². The number of hydrogen-bond donors (Lipinski definition) is 0. The minimum absolute atomic E-state index is 0.123. The van der Waals surface area contributed by atoms with Crippen LogP contribution in [-0.2, 0) is 4.74 Å². The van der Waals surface area contributed by atoms with E-state index in [-0.39, 0.29) is 11.3 Å². The van der Waals surface area contributed by atoms with Crippen molar-refractivity contribution in [1.82, 2.24) is 9.80 Å². The lowest BCUT2D eigenvalue weighted by atomic mass is 9.80. The second kappa shape index (κ2) is 6.46. The molecule has 3 rings (SSSR count). The van der Waals surface area contributed by atoms with Gasteiger partial charge in [0, 0.05) is 31.6 Å². The molecule has 1 amide bonds. The van der Waals surface area contributed by atoms with E-state index in [4.69, 9.17) is 4.74 Å². The molecule has 4 nitrogen and oxygen atoms in total. The maximum absolute atomic E-state index is 12.6. The Morgan fingerprint density at radius 3 is 3.10 bits per heavy atom. The average molecular weight is 308 g/mol. The topological polar surface area (TPSA) is 32.8 Å². The van der Waals surface area contributed by atoms with Crippen molar-refractivity contribution in [3.63, 3.8) is 0 Å². The van der Waals surface area contributed by atoms with Gasteiger partial charge in [0.15, 0.2) is 0 Å². The van der Waals surface area contributed by atoms with E-state index in [0.717, 1.165) is 63.7 Å². The normalized spacial score (nSPS) is 27.8. The first-order valence-electron chi connectivity index (χ1n) is 7.85. The van der Waals surface area contributed by atoms with E-state index in [1.807, 2.05) is 22.4 Å². The van der Waals surface area contributed by atoms with E-state index in [1.54, 1.807) is 0 Å². The SMILES string of the molecule is CCN1CCOCC2(CCCN(C(=O)c3cccs3)C2)C1. The van der Waals surface area contributed by atoms with Crippen LogP contribution in [0, 0.1) is 5.41 Å². The number of ether oxygens (including phenoxy) is 1. The second-order valence-electron chi connectivity index (χ2n) is 6.23. The summed E-state index contributed by atoms with van der Waals surface area (Å²) < 4.78 is 5.86. The van der Waals surface area contributed by atoms with E-state index in [0.29, 0.717) is 0 Å². The van der Waals surface area contributed by atoms with Crippen LogP contribution in [0.15, 0.2) is 17.5 Å². The van der Waals surface area contributed by atoms with Crippen molar-refractivity contribution < 1.29 is 9.53 Å². The lowest BCUT2D eigenvalue weighted by Gasteiger charge is -2.43. The van der Waals surface area contributed by atoms with Gasteiger partial charge in [-0.2, -0.15) is 0 Å². The van der Waals surface area contributed by atoms with Crippen molar-refractivity contribution in [3.05, 3.63) is 22.4 Å². The van der Waals surface area contributed by atoms with Crippen LogP contribution >= 0.6 is 11.3 Å². The number of amides is 1. The summed E-state index contributed by atoms with van der Waals surface area (Å²) in [5, 5.41) is 1.97. The predicted octanol–water partition coefficient (Wildman–Crippen LogP) is 2.32. The van der Waals surface area contributed by atoms with Crippen LogP contribution in [0.2, 0.25) is 0 Å². The molecule has 0 aliphatic carbocycles. The van der Waals surface area contributed by atoms with Crippen LogP contribution in [0.3, 0.4) is 0 Å². The number of thiophene rings is 1. The highest BCUT2D eigenvalue weighted by Gasteiger charge is 2.40. The molecule has 1 atom stereocenters. The Kier molecular flexibility index (Phi) is 4.62. The van der Waals surface area contributed by atoms with Crippen LogP contribution in [-0.4, -0.2) is 61.6 Å². The molecule has 0 bridgehead atoms. The number of likely N-dealkylation sites (tertiary alicyclic amines) is 1. The summed E-state index contributed by atoms with van der Waals surface area (Å²) in [6.07, 6.45) is 2.25. The molecule has 3 heterocycles. The number of hydrogen-bond acceptors (Lipinski definition) is 4. The third-order valence-corrected chi connectivity index (χ3v) is 5.50. The largest absolute Gasteiger partial charge is 0.379 e. The fourth-order valence-electron chi connectivity index (χ4n) is 3.54. The van der Waals surface area contributed by atoms with E-state index in [2.05, 4.69) is 11.8 Å². The summed E-state index contributed by atoms with van der Waals surface area (Å²) in [5.74, 6) is 0.191. The third-order valence-electron chi connectivity index (χ3n) is 4.65. The molecule has 0 aromatic carbocycles. The monoisotopic (exact) mass is 308 g/mol. The minimum atomic E-state index is 0.123. The summed E-state index contributed by atoms with van der Waals surface area (Å²) >= 11 is 1.54. The molecule has 0 N–H and O–H groups in total. The number of rotatable bonds is 2. The summed E-state index contributed by atoms with van der Waals surface area (Å²) in [7, 11) is 0. The molecule has 2 aliphatic heterocycles. The van der Waals surface area contributed by atoms with Crippen molar-refractivity contribution >= 4 is 17.2 Å². The molecule has 2 saturated heterocycles. The standard InChI is InChI=1S/C16H24N2O2S/c1-2-17-8-9-20-13-16(11-17)6-4-7-18(12-16)15(19)14-5-3-10-21-14/h3,5,10H,2,4,6-9,11-13H2,1H3. The number of likely N-dealkylation sites (N-methyl/N-ethyl adjacent to an activating group) is 1. The Bertz CT molecular complexity index is 477. The van der Waals surface area contributed by atoms with Gasteiger partial charge in [0.2, 0.25) is 0 Å². The first-order chi connectivity index (χ1) is 10.2. The molecule has 2 fully saturated rings. The Balaban J connectivity index is 1.73. The first kappa shape index (κ1) is 15.0. The number of carbonyl (C=O) groups is 1. The third kappa shape index (κ3) is 3.30. The van der Waals surface area contributed by atoms with Crippen molar-refractivity contribution in [3.8, 4) is 0 Å². The number of nitrogens with zero attached hydrogens (tertiary/aromatic N) is 2. The highest BCUT2D eigenvalue weighted by atomic mass is 32.1. The Labute approximate surface area is 130 Å². The Hall–Kier alpha value is -0.910. The van der Waals surface area contributed by atoms with E-state index < -0.39 is 0 Å². The molecule has 5 heteroatoms. The summed E-state index contributed by atoms with van der Waals surface area (Å²) in [6.45, 7) is 8.65. The molecule has 1 aromatic heterocycles. The second-order valence-corrected chi connectivity index (χ2v) is 7.18. The zero-order valence-electron chi connectivity index (χ0n) is 12.7. The van der Waals surface area contributed by atoms with Gasteiger partial charge in [-0.05, 0) is 30.8 Å². The summed E-state index contributed by atoms with van der Waals surface area (Å²) in [6, 6.07) is 3.88. The molecule has 116 valence electrons. The smallest absolute Gasteiger partial charge is 0.263 e. The van der Waals surface area contributed by atoms with Gasteiger partial charge < -0.3 is 14.5 Å². The van der Waals surface area contributed by atoms with Crippen LogP contribution in [0.4, 0.5) is 0 Å². The summed E-state index contributed by atoms with van der Waals surface area (Å²) in [4.78, 5) is 18.0. The maximum Gasteiger partial charge on any atom is 0.263 e. The average Bonchev–Trinajstić information content (AvgIpc) is 2.97. The number of piperidine rings is 1. The maximum atomic E-state index is 12.6. The van der Waals surface area contributed by atoms with Crippen LogP contribution in [0.5, 0.6) is 0 Å². The lowest BCUT2D eigenvalue weighted by Crippen LogP contribution is -2.52. The highest BCUT2D eigenvalue weighted by molar-refractivity contribution is 7.12. The molecule has 1 unspecified atom stereocenters. The Morgan fingerprint density at radius 2 is 2.33 bits per heavy atom. The quantitative estimate of drug-likeness (QED) is 0.840. The summed E-state index contributed by atoms with van der Waals surface area (Å²) in [5.41, 5.74) is 0.123. The molecule has 0 saturated carbocycles. The van der Waals surface area contributed by atoms with Gasteiger partial charge in [-0.15, -0.1) is 11.3 Å². The van der Waals surface area contributed by atoms with Gasteiger partial charge in [0.05, 0.1) is 18.1 Å². The minimum Gasteiger partial charge on any atom is -0.379 e. The van der Waals surface area contributed by atoms with E-state index in [9.17, 15) is 4.79 Å². The fraction of sp³-hybridized carbons (Fsp3) is 0.688. The molecular weight excluding hydrogens is 284 g/mol. The lowest BCUT2D eigenvalue weighted by molar-refractivity contribution is 0.00787. The van der Waals surface area contributed by atoms with Crippen molar-refractivity contribution in [2.24, 2.45) is 5.41 Å². The molecule has 2 aliphatic rings. The fourth-order valence-corrected chi connectivity index (χ4v) is 4.23. The highest BCUT2D eigenvalue weighted by Crippen LogP contribution is 2.33. The number of carbonyl (C=O) groups excluding carboxylic acids is 1. The zero-order chi connectivity index (χ0) is 14.7. The van der Waals surface area contributed by atoms with Gasteiger partial charge >= 0.3 is 0 Å². The van der Waals surface area contributed by atoms with Crippen molar-refractivity contribution in [2.45, 2.75) is 19.8 Å². The zero-order valence-corrected chi connectivity index (χ0v) is 13.5. The van der Waals surface area contributed by atoms with Crippen LogP contribution in [0.25, 0.3) is 0 Å². The molecule has 21 heavy (non-hydrogen) atoms. The van der Waals surface area contributed by atoms with E-state index in [1.165, 1.54) is 11.3 Å². The first-order valence-corrected chi connectivity index (χ1v) is 8.73. The predicted molar refractivity (Wildman–Crippen MR) is 84.8 cm³/mol.